The van der Waals surface area contributed by atoms with E-state index in [1.165, 1.54) is 11.5 Å². The molecule has 118 valence electrons. The average Bonchev–Trinajstić information content (AvgIpc) is 2.85. The number of carbonyl (C=O) groups excluding carboxylic acids is 1. The van der Waals surface area contributed by atoms with Crippen LogP contribution in [-0.4, -0.2) is 48.0 Å². The molecule has 0 saturated carbocycles. The fraction of sp³-hybridized carbons (Fsp3) is 0.733. The van der Waals surface area contributed by atoms with Gasteiger partial charge in [0.15, 0.2) is 0 Å². The summed E-state index contributed by atoms with van der Waals surface area (Å²) in [5.74, 6) is 0.648. The molecule has 2 heterocycles. The van der Waals surface area contributed by atoms with Crippen molar-refractivity contribution in [2.75, 3.05) is 32.1 Å². The molecule has 21 heavy (non-hydrogen) atoms. The number of aryl methyl sites for hydroxylation is 1. The highest BCUT2D eigenvalue weighted by Gasteiger charge is 2.27. The van der Waals surface area contributed by atoms with Crippen molar-refractivity contribution < 1.29 is 9.53 Å². The minimum Gasteiger partial charge on any atom is -0.378 e. The maximum absolute atomic E-state index is 12.6. The topological polar surface area (TPSA) is 54.5 Å². The maximum atomic E-state index is 12.6. The number of hydrogen-bond acceptors (Lipinski definition) is 5. The monoisotopic (exact) mass is 311 g/mol. The van der Waals surface area contributed by atoms with Crippen LogP contribution in [0.2, 0.25) is 0 Å². The van der Waals surface area contributed by atoms with Gasteiger partial charge in [-0.2, -0.15) is 4.37 Å². The lowest BCUT2D eigenvalue weighted by Crippen LogP contribution is -2.41. The van der Waals surface area contributed by atoms with Crippen LogP contribution in [-0.2, 0) is 4.74 Å². The second kappa shape index (κ2) is 7.22. The van der Waals surface area contributed by atoms with E-state index in [1.807, 2.05) is 18.9 Å². The zero-order valence-electron chi connectivity index (χ0n) is 13.3. The van der Waals surface area contributed by atoms with Gasteiger partial charge in [-0.1, -0.05) is 13.8 Å². The van der Waals surface area contributed by atoms with E-state index >= 15 is 0 Å². The Bertz CT molecular complexity index is 479. The molecule has 1 N–H and O–H groups in total. The molecule has 1 aliphatic heterocycles. The normalized spacial score (nSPS) is 16.5. The number of ether oxygens (including phenoxy) is 1. The van der Waals surface area contributed by atoms with Crippen LogP contribution in [0.3, 0.4) is 0 Å². The molecule has 1 aromatic heterocycles. The lowest BCUT2D eigenvalue weighted by atomic mass is 10.1. The molecule has 5 nitrogen and oxygen atoms in total. The van der Waals surface area contributed by atoms with E-state index in [9.17, 15) is 4.79 Å². The summed E-state index contributed by atoms with van der Waals surface area (Å²) in [6.45, 7) is 8.54. The van der Waals surface area contributed by atoms with Crippen LogP contribution in [0.4, 0.5) is 5.00 Å². The maximum Gasteiger partial charge on any atom is 0.258 e. The van der Waals surface area contributed by atoms with Crippen LogP contribution < -0.4 is 5.32 Å². The predicted octanol–water partition coefficient (Wildman–Crippen LogP) is 2.77. The minimum absolute atomic E-state index is 0.0907. The van der Waals surface area contributed by atoms with E-state index in [1.54, 1.807) is 0 Å². The Morgan fingerprint density at radius 1 is 1.48 bits per heavy atom. The molecule has 1 fully saturated rings. The highest BCUT2D eigenvalue weighted by molar-refractivity contribution is 7.10. The summed E-state index contributed by atoms with van der Waals surface area (Å²) in [5.41, 5.74) is 1.54. The van der Waals surface area contributed by atoms with Crippen LogP contribution in [0.25, 0.3) is 0 Å². The smallest absolute Gasteiger partial charge is 0.258 e. The first-order chi connectivity index (χ1) is 10.0. The second-order valence-corrected chi connectivity index (χ2v) is 6.71. The van der Waals surface area contributed by atoms with Gasteiger partial charge < -0.3 is 15.0 Å². The molecule has 6 heteroatoms. The third-order valence-electron chi connectivity index (χ3n) is 3.70. The molecule has 0 unspecified atom stereocenters. The van der Waals surface area contributed by atoms with Crippen LogP contribution in [0.5, 0.6) is 0 Å². The summed E-state index contributed by atoms with van der Waals surface area (Å²) < 4.78 is 10.1. The molecule has 1 aliphatic rings. The first kappa shape index (κ1) is 16.2. The molecule has 0 spiro atoms. The third kappa shape index (κ3) is 3.95. The Labute approximate surface area is 130 Å². The Hall–Kier alpha value is -1.14. The van der Waals surface area contributed by atoms with Gasteiger partial charge in [-0.25, -0.2) is 0 Å². The van der Waals surface area contributed by atoms with Crippen molar-refractivity contribution in [2.24, 2.45) is 5.92 Å². The Kier molecular flexibility index (Phi) is 5.58. The number of amides is 1. The predicted molar refractivity (Wildman–Crippen MR) is 86.1 cm³/mol. The summed E-state index contributed by atoms with van der Waals surface area (Å²) in [6, 6.07) is 0. The molecule has 0 aromatic carbocycles. The molecule has 0 bridgehead atoms. The molecule has 1 aromatic rings. The van der Waals surface area contributed by atoms with E-state index in [0.29, 0.717) is 12.0 Å². The van der Waals surface area contributed by atoms with Gasteiger partial charge in [-0.3, -0.25) is 4.79 Å². The average molecular weight is 311 g/mol. The van der Waals surface area contributed by atoms with Crippen LogP contribution in [0.15, 0.2) is 0 Å². The molecule has 1 saturated heterocycles. The van der Waals surface area contributed by atoms with E-state index in [4.69, 9.17) is 4.74 Å². The van der Waals surface area contributed by atoms with Crippen molar-refractivity contribution in [1.29, 1.82) is 0 Å². The summed E-state index contributed by atoms with van der Waals surface area (Å²) >= 11 is 1.35. The van der Waals surface area contributed by atoms with Crippen molar-refractivity contribution >= 4 is 22.4 Å². The molecular weight excluding hydrogens is 286 g/mol. The Morgan fingerprint density at radius 3 is 2.71 bits per heavy atom. The lowest BCUT2D eigenvalue weighted by molar-refractivity contribution is -0.00229. The van der Waals surface area contributed by atoms with Gasteiger partial charge in [0.25, 0.3) is 5.91 Å². The Morgan fingerprint density at radius 2 is 2.14 bits per heavy atom. The van der Waals surface area contributed by atoms with Crippen LogP contribution in [0, 0.1) is 12.8 Å². The van der Waals surface area contributed by atoms with E-state index in [2.05, 4.69) is 23.5 Å². The first-order valence-corrected chi connectivity index (χ1v) is 8.35. The number of piperidine rings is 1. The lowest BCUT2D eigenvalue weighted by Gasteiger charge is -2.32. The minimum atomic E-state index is 0.0907. The fourth-order valence-corrected chi connectivity index (χ4v) is 3.24. The SMILES string of the molecule is CNc1snc(C)c1C(=O)N1CCC(OCC(C)C)CC1. The highest BCUT2D eigenvalue weighted by Crippen LogP contribution is 2.27. The van der Waals surface area contributed by atoms with Crippen LogP contribution >= 0.6 is 11.5 Å². The van der Waals surface area contributed by atoms with Crippen LogP contribution in [0.1, 0.15) is 42.7 Å². The van der Waals surface area contributed by atoms with Crippen molar-refractivity contribution in [2.45, 2.75) is 39.7 Å². The molecule has 1 amide bonds. The van der Waals surface area contributed by atoms with Crippen molar-refractivity contribution in [3.05, 3.63) is 11.3 Å². The molecule has 0 atom stereocenters. The number of aromatic nitrogens is 1. The molecule has 0 radical (unpaired) electrons. The summed E-state index contributed by atoms with van der Waals surface area (Å²) in [5, 5.41) is 3.92. The summed E-state index contributed by atoms with van der Waals surface area (Å²) in [7, 11) is 1.83. The molecular formula is C15H25N3O2S. The number of nitrogens with one attached hydrogen (secondary N) is 1. The zero-order valence-corrected chi connectivity index (χ0v) is 14.1. The first-order valence-electron chi connectivity index (χ1n) is 7.57. The number of likely N-dealkylation sites (tertiary alicyclic amines) is 1. The van der Waals surface area contributed by atoms with Gasteiger partial charge in [-0.05, 0) is 37.2 Å². The largest absolute Gasteiger partial charge is 0.378 e. The van der Waals surface area contributed by atoms with Gasteiger partial charge in [0.1, 0.15) is 5.00 Å². The van der Waals surface area contributed by atoms with Gasteiger partial charge in [-0.15, -0.1) is 0 Å². The standard InChI is InChI=1S/C15H25N3O2S/c1-10(2)9-20-12-5-7-18(8-6-12)15(19)13-11(3)17-21-14(13)16-4/h10,12,16H,5-9H2,1-4H3. The van der Waals surface area contributed by atoms with Gasteiger partial charge in [0.05, 0.1) is 17.4 Å². The highest BCUT2D eigenvalue weighted by atomic mass is 32.1. The van der Waals surface area contributed by atoms with Crippen molar-refractivity contribution in [3.63, 3.8) is 0 Å². The van der Waals surface area contributed by atoms with E-state index in [-0.39, 0.29) is 5.91 Å². The number of anilines is 1. The number of rotatable bonds is 5. The zero-order chi connectivity index (χ0) is 15.4. The van der Waals surface area contributed by atoms with E-state index < -0.39 is 0 Å². The fourth-order valence-electron chi connectivity index (χ4n) is 2.50. The Balaban J connectivity index is 1.92. The number of hydrogen-bond donors (Lipinski definition) is 1. The molecule has 2 rings (SSSR count). The summed E-state index contributed by atoms with van der Waals surface area (Å²) in [4.78, 5) is 14.6. The molecule has 0 aliphatic carbocycles. The van der Waals surface area contributed by atoms with Crippen molar-refractivity contribution in [3.8, 4) is 0 Å². The second-order valence-electron chi connectivity index (χ2n) is 5.94. The number of nitrogens with zero attached hydrogens (tertiary/aromatic N) is 2. The van der Waals surface area contributed by atoms with Gasteiger partial charge >= 0.3 is 0 Å². The van der Waals surface area contributed by atoms with Crippen molar-refractivity contribution in [1.82, 2.24) is 9.27 Å². The van der Waals surface area contributed by atoms with Gasteiger partial charge in [0.2, 0.25) is 0 Å². The summed E-state index contributed by atoms with van der Waals surface area (Å²) in [6.07, 6.45) is 2.13. The third-order valence-corrected chi connectivity index (χ3v) is 4.65. The van der Waals surface area contributed by atoms with E-state index in [0.717, 1.165) is 48.8 Å². The quantitative estimate of drug-likeness (QED) is 0.908. The number of carbonyl (C=O) groups is 1. The van der Waals surface area contributed by atoms with Gasteiger partial charge in [0, 0.05) is 26.7 Å².